The number of thiophene rings is 1. The zero-order valence-corrected chi connectivity index (χ0v) is 15.0. The molecule has 24 heavy (non-hydrogen) atoms. The first-order valence-corrected chi connectivity index (χ1v) is 8.98. The molecule has 3 heteroatoms. The van der Waals surface area contributed by atoms with Gasteiger partial charge in [-0.2, -0.15) is 0 Å². The van der Waals surface area contributed by atoms with Crippen molar-refractivity contribution in [3.05, 3.63) is 67.0 Å². The van der Waals surface area contributed by atoms with E-state index in [1.807, 2.05) is 29.8 Å². The van der Waals surface area contributed by atoms with Gasteiger partial charge in [-0.1, -0.05) is 24.3 Å². The van der Waals surface area contributed by atoms with Crippen molar-refractivity contribution in [2.45, 2.75) is 26.3 Å². The first-order chi connectivity index (χ1) is 11.6. The van der Waals surface area contributed by atoms with E-state index in [2.05, 4.69) is 79.2 Å². The lowest BCUT2D eigenvalue weighted by atomic mass is 10.0. The van der Waals surface area contributed by atoms with Crippen molar-refractivity contribution in [2.75, 3.05) is 4.90 Å². The highest BCUT2D eigenvalue weighted by Gasteiger charge is 2.26. The van der Waals surface area contributed by atoms with Crippen LogP contribution in [0.5, 0.6) is 0 Å². The molecule has 0 unspecified atom stereocenters. The molecule has 0 N–H and O–H groups in total. The smallest absolute Gasteiger partial charge is 0.0602 e. The van der Waals surface area contributed by atoms with Crippen molar-refractivity contribution < 1.29 is 0 Å². The van der Waals surface area contributed by atoms with Gasteiger partial charge in [0.05, 0.1) is 17.6 Å². The van der Waals surface area contributed by atoms with E-state index in [-0.39, 0.29) is 5.54 Å². The molecule has 0 aliphatic rings. The number of rotatable bonds is 2. The lowest BCUT2D eigenvalue weighted by Crippen LogP contribution is -2.37. The Bertz CT molecular complexity index is 997. The summed E-state index contributed by atoms with van der Waals surface area (Å²) in [5.74, 6) is 0. The molecular weight excluding hydrogens is 312 g/mol. The van der Waals surface area contributed by atoms with Crippen LogP contribution in [0.2, 0.25) is 0 Å². The molecule has 0 aliphatic carbocycles. The fourth-order valence-corrected chi connectivity index (χ4v) is 4.44. The maximum absolute atomic E-state index is 4.34. The molecule has 0 atom stereocenters. The third-order valence-electron chi connectivity index (χ3n) is 4.20. The Morgan fingerprint density at radius 3 is 2.42 bits per heavy atom. The highest BCUT2D eigenvalue weighted by atomic mass is 32.1. The standard InChI is InChI=1S/C21H20N2S/c1-21(2,3)23(15-8-7-13-22-14-15)17-10-6-12-19-20(17)16-9-4-5-11-18(16)24-19/h4-14H,1-3H3. The monoisotopic (exact) mass is 332 g/mol. The van der Waals surface area contributed by atoms with E-state index in [0.717, 1.165) is 5.69 Å². The van der Waals surface area contributed by atoms with Crippen molar-refractivity contribution in [1.29, 1.82) is 0 Å². The van der Waals surface area contributed by atoms with E-state index in [1.54, 1.807) is 0 Å². The van der Waals surface area contributed by atoms with E-state index in [1.165, 1.54) is 25.9 Å². The molecule has 2 aromatic carbocycles. The fourth-order valence-electron chi connectivity index (χ4n) is 3.32. The van der Waals surface area contributed by atoms with Crippen LogP contribution in [0, 0.1) is 0 Å². The first-order valence-electron chi connectivity index (χ1n) is 8.16. The van der Waals surface area contributed by atoms with Crippen molar-refractivity contribution in [3.63, 3.8) is 0 Å². The summed E-state index contributed by atoms with van der Waals surface area (Å²) in [6.45, 7) is 6.73. The second kappa shape index (κ2) is 5.60. The number of hydrogen-bond donors (Lipinski definition) is 0. The van der Waals surface area contributed by atoms with Gasteiger partial charge in [0, 0.05) is 31.9 Å². The molecule has 4 rings (SSSR count). The third kappa shape index (κ3) is 2.45. The Morgan fingerprint density at radius 1 is 0.875 bits per heavy atom. The second-order valence-corrected chi connectivity index (χ2v) is 8.05. The molecule has 0 fully saturated rings. The normalized spacial score (nSPS) is 12.0. The molecule has 0 aliphatic heterocycles. The van der Waals surface area contributed by atoms with Crippen molar-refractivity contribution >= 4 is 42.9 Å². The molecule has 0 saturated heterocycles. The SMILES string of the molecule is CC(C)(C)N(c1cccnc1)c1cccc2sc3ccccc3c12. The van der Waals surface area contributed by atoms with Crippen molar-refractivity contribution in [1.82, 2.24) is 4.98 Å². The summed E-state index contributed by atoms with van der Waals surface area (Å²) in [4.78, 5) is 6.73. The Morgan fingerprint density at radius 2 is 1.67 bits per heavy atom. The number of anilines is 2. The molecule has 2 heterocycles. The van der Waals surface area contributed by atoms with Crippen LogP contribution in [0.1, 0.15) is 20.8 Å². The number of fused-ring (bicyclic) bond motifs is 3. The summed E-state index contributed by atoms with van der Waals surface area (Å²) in [7, 11) is 0. The molecule has 2 aromatic heterocycles. The quantitative estimate of drug-likeness (QED) is 0.423. The van der Waals surface area contributed by atoms with Gasteiger partial charge in [0.1, 0.15) is 0 Å². The second-order valence-electron chi connectivity index (χ2n) is 6.97. The number of aromatic nitrogens is 1. The third-order valence-corrected chi connectivity index (χ3v) is 5.33. The van der Waals surface area contributed by atoms with Gasteiger partial charge >= 0.3 is 0 Å². The number of hydrogen-bond acceptors (Lipinski definition) is 3. The average Bonchev–Trinajstić information content (AvgIpc) is 2.94. The van der Waals surface area contributed by atoms with Gasteiger partial charge < -0.3 is 4.90 Å². The van der Waals surface area contributed by atoms with Gasteiger partial charge in [-0.25, -0.2) is 0 Å². The molecule has 0 spiro atoms. The maximum atomic E-state index is 4.34. The van der Waals surface area contributed by atoms with E-state index in [9.17, 15) is 0 Å². The fraction of sp³-hybridized carbons (Fsp3) is 0.190. The zero-order chi connectivity index (χ0) is 16.7. The maximum Gasteiger partial charge on any atom is 0.0602 e. The van der Waals surface area contributed by atoms with Crippen LogP contribution in [-0.4, -0.2) is 10.5 Å². The largest absolute Gasteiger partial charge is 0.334 e. The molecule has 4 aromatic rings. The minimum absolute atomic E-state index is 0.0552. The van der Waals surface area contributed by atoms with Gasteiger partial charge in [-0.05, 0) is 51.1 Å². The number of pyridine rings is 1. The van der Waals surface area contributed by atoms with E-state index >= 15 is 0 Å². The van der Waals surface area contributed by atoms with Crippen LogP contribution in [0.4, 0.5) is 11.4 Å². The van der Waals surface area contributed by atoms with Gasteiger partial charge in [-0.15, -0.1) is 11.3 Å². The van der Waals surface area contributed by atoms with Crippen LogP contribution in [0.15, 0.2) is 67.0 Å². The summed E-state index contributed by atoms with van der Waals surface area (Å²) >= 11 is 1.86. The zero-order valence-electron chi connectivity index (χ0n) is 14.2. The minimum atomic E-state index is -0.0552. The average molecular weight is 332 g/mol. The molecule has 2 nitrogen and oxygen atoms in total. The molecule has 0 radical (unpaired) electrons. The Hall–Kier alpha value is -2.39. The van der Waals surface area contributed by atoms with Crippen LogP contribution in [0.25, 0.3) is 20.2 Å². The molecule has 0 saturated carbocycles. The molecule has 120 valence electrons. The van der Waals surface area contributed by atoms with Crippen LogP contribution in [-0.2, 0) is 0 Å². The lowest BCUT2D eigenvalue weighted by molar-refractivity contribution is 0.561. The lowest BCUT2D eigenvalue weighted by Gasteiger charge is -2.38. The van der Waals surface area contributed by atoms with Crippen molar-refractivity contribution in [3.8, 4) is 0 Å². The van der Waals surface area contributed by atoms with Gasteiger partial charge in [0.15, 0.2) is 0 Å². The first kappa shape index (κ1) is 15.2. The van der Waals surface area contributed by atoms with Gasteiger partial charge in [-0.3, -0.25) is 4.98 Å². The topological polar surface area (TPSA) is 16.1 Å². The summed E-state index contributed by atoms with van der Waals surface area (Å²) < 4.78 is 2.66. The van der Waals surface area contributed by atoms with Crippen molar-refractivity contribution in [2.24, 2.45) is 0 Å². The summed E-state index contributed by atoms with van der Waals surface area (Å²) in [6, 6.07) is 19.4. The highest BCUT2D eigenvalue weighted by Crippen LogP contribution is 2.43. The number of benzene rings is 2. The van der Waals surface area contributed by atoms with Gasteiger partial charge in [0.25, 0.3) is 0 Å². The molecule has 0 bridgehead atoms. The number of nitrogens with zero attached hydrogens (tertiary/aromatic N) is 2. The predicted octanol–water partition coefficient (Wildman–Crippen LogP) is 6.39. The summed E-state index contributed by atoms with van der Waals surface area (Å²) in [5.41, 5.74) is 2.30. The van der Waals surface area contributed by atoms with E-state index in [0.29, 0.717) is 0 Å². The van der Waals surface area contributed by atoms with E-state index < -0.39 is 0 Å². The minimum Gasteiger partial charge on any atom is -0.334 e. The van der Waals surface area contributed by atoms with Crippen LogP contribution < -0.4 is 4.90 Å². The Balaban J connectivity index is 2.06. The van der Waals surface area contributed by atoms with Crippen LogP contribution in [0.3, 0.4) is 0 Å². The van der Waals surface area contributed by atoms with E-state index in [4.69, 9.17) is 0 Å². The van der Waals surface area contributed by atoms with Crippen LogP contribution >= 0.6 is 11.3 Å². The Kier molecular flexibility index (Phi) is 3.54. The van der Waals surface area contributed by atoms with Gasteiger partial charge in [0.2, 0.25) is 0 Å². The highest BCUT2D eigenvalue weighted by molar-refractivity contribution is 7.25. The molecule has 0 amide bonds. The summed E-state index contributed by atoms with van der Waals surface area (Å²) in [5, 5.41) is 2.66. The summed E-state index contributed by atoms with van der Waals surface area (Å²) in [6.07, 6.45) is 3.77. The Labute approximate surface area is 146 Å². The molecular formula is C21H20N2S. The predicted molar refractivity (Wildman–Crippen MR) is 105 cm³/mol.